The van der Waals surface area contributed by atoms with E-state index in [0.29, 0.717) is 18.4 Å². The van der Waals surface area contributed by atoms with Gasteiger partial charge in [0.2, 0.25) is 0 Å². The van der Waals surface area contributed by atoms with Crippen LogP contribution in [0.3, 0.4) is 0 Å². The summed E-state index contributed by atoms with van der Waals surface area (Å²) in [7, 11) is 0. The molecular weight excluding hydrogens is 388 g/mol. The first-order valence-corrected chi connectivity index (χ1v) is 12.0. The summed E-state index contributed by atoms with van der Waals surface area (Å²) in [5.41, 5.74) is 2.60. The summed E-state index contributed by atoms with van der Waals surface area (Å²) in [4.78, 5) is 7.35. The molecule has 3 atom stereocenters. The van der Waals surface area contributed by atoms with Gasteiger partial charge in [-0.15, -0.1) is 0 Å². The Bertz CT molecular complexity index is 655. The lowest BCUT2D eigenvalue weighted by molar-refractivity contribution is -0.0705. The minimum atomic E-state index is 0.235. The average Bonchev–Trinajstić information content (AvgIpc) is 2.70. The van der Waals surface area contributed by atoms with Crippen LogP contribution in [0.25, 0.3) is 0 Å². The van der Waals surface area contributed by atoms with Crippen LogP contribution in [-0.4, -0.2) is 61.0 Å². The number of ether oxygens (including phenoxy) is 1. The fraction of sp³-hybridized carbons (Fsp3) is 0.720. The number of benzene rings is 1. The number of nitrogens with zero attached hydrogens (tertiary/aromatic N) is 2. The molecule has 6 heteroatoms. The van der Waals surface area contributed by atoms with Crippen LogP contribution in [0, 0.1) is 11.8 Å². The predicted molar refractivity (Wildman–Crippen MR) is 129 cm³/mol. The predicted octanol–water partition coefficient (Wildman–Crippen LogP) is 3.40. The maximum Gasteiger partial charge on any atom is 0.191 e. The average molecular weight is 433 g/mol. The van der Waals surface area contributed by atoms with Crippen molar-refractivity contribution in [3.05, 3.63) is 35.4 Å². The number of hydrogen-bond donors (Lipinski definition) is 3. The van der Waals surface area contributed by atoms with Gasteiger partial charge in [-0.3, -0.25) is 4.90 Å². The Morgan fingerprint density at radius 2 is 1.84 bits per heavy atom. The van der Waals surface area contributed by atoms with E-state index in [-0.39, 0.29) is 18.8 Å². The number of aliphatic imine (C=N–C) groups is 1. The number of nitrogens with one attached hydrogen (secondary N) is 2. The Morgan fingerprint density at radius 1 is 1.16 bits per heavy atom. The third kappa shape index (κ3) is 9.58. The van der Waals surface area contributed by atoms with E-state index in [1.54, 1.807) is 0 Å². The van der Waals surface area contributed by atoms with Crippen molar-refractivity contribution < 1.29 is 9.84 Å². The summed E-state index contributed by atoms with van der Waals surface area (Å²) in [6, 6.07) is 8.61. The fourth-order valence-corrected chi connectivity index (χ4v) is 4.42. The van der Waals surface area contributed by atoms with Gasteiger partial charge in [-0.1, -0.05) is 38.1 Å². The van der Waals surface area contributed by atoms with Gasteiger partial charge in [0.05, 0.1) is 18.8 Å². The summed E-state index contributed by atoms with van der Waals surface area (Å²) in [5, 5.41) is 16.2. The largest absolute Gasteiger partial charge is 0.396 e. The lowest BCUT2D eigenvalue weighted by Crippen LogP contribution is -2.44. The lowest BCUT2D eigenvalue weighted by Gasteiger charge is -2.35. The van der Waals surface area contributed by atoms with E-state index in [4.69, 9.17) is 9.73 Å². The topological polar surface area (TPSA) is 69.1 Å². The summed E-state index contributed by atoms with van der Waals surface area (Å²) in [5.74, 6) is 1.92. The van der Waals surface area contributed by atoms with Crippen LogP contribution in [0.4, 0.5) is 0 Å². The highest BCUT2D eigenvalue weighted by molar-refractivity contribution is 5.79. The third-order valence-corrected chi connectivity index (χ3v) is 5.66. The van der Waals surface area contributed by atoms with Gasteiger partial charge in [-0.05, 0) is 56.6 Å². The van der Waals surface area contributed by atoms with Gasteiger partial charge in [0.25, 0.3) is 0 Å². The second-order valence-electron chi connectivity index (χ2n) is 9.30. The first-order valence-electron chi connectivity index (χ1n) is 12.0. The highest BCUT2D eigenvalue weighted by Crippen LogP contribution is 2.18. The molecule has 1 aliphatic heterocycles. The molecule has 0 amide bonds. The normalized spacial score (nSPS) is 21.3. The zero-order chi connectivity index (χ0) is 22.6. The molecule has 1 aromatic rings. The van der Waals surface area contributed by atoms with Gasteiger partial charge in [-0.2, -0.15) is 0 Å². The van der Waals surface area contributed by atoms with Crippen molar-refractivity contribution in [2.75, 3.05) is 32.8 Å². The molecule has 0 bridgehead atoms. The van der Waals surface area contributed by atoms with Crippen molar-refractivity contribution >= 4 is 5.96 Å². The summed E-state index contributed by atoms with van der Waals surface area (Å²) < 4.78 is 5.88. The fourth-order valence-electron chi connectivity index (χ4n) is 4.42. The molecule has 31 heavy (non-hydrogen) atoms. The second kappa shape index (κ2) is 13.7. The molecular formula is C25H44N4O2. The van der Waals surface area contributed by atoms with E-state index < -0.39 is 0 Å². The van der Waals surface area contributed by atoms with E-state index in [1.165, 1.54) is 11.1 Å². The summed E-state index contributed by atoms with van der Waals surface area (Å²) >= 11 is 0. The van der Waals surface area contributed by atoms with Crippen molar-refractivity contribution in [1.29, 1.82) is 0 Å². The Labute approximate surface area is 189 Å². The third-order valence-electron chi connectivity index (χ3n) is 5.66. The standard InChI is InChI=1S/C25H44N4O2/c1-6-26-25(27-14-22(11-12-30)13-19(2)3)28-15-23-9-7-8-10-24(23)18-29-16-20(4)31-21(5)17-29/h7-10,19-22,30H,6,11-18H2,1-5H3,(H2,26,27,28). The molecule has 1 aliphatic rings. The molecule has 1 fully saturated rings. The number of hydrogen-bond acceptors (Lipinski definition) is 4. The van der Waals surface area contributed by atoms with E-state index >= 15 is 0 Å². The Kier molecular flexibility index (Phi) is 11.3. The molecule has 0 aliphatic carbocycles. The molecule has 0 saturated carbocycles. The minimum absolute atomic E-state index is 0.235. The van der Waals surface area contributed by atoms with Gasteiger partial charge < -0.3 is 20.5 Å². The van der Waals surface area contributed by atoms with Crippen LogP contribution in [0.15, 0.2) is 29.3 Å². The zero-order valence-electron chi connectivity index (χ0n) is 20.2. The van der Waals surface area contributed by atoms with Crippen LogP contribution < -0.4 is 10.6 Å². The van der Waals surface area contributed by atoms with E-state index in [0.717, 1.165) is 51.5 Å². The zero-order valence-corrected chi connectivity index (χ0v) is 20.2. The Balaban J connectivity index is 2.01. The number of rotatable bonds is 11. The number of guanidine groups is 1. The molecule has 0 spiro atoms. The van der Waals surface area contributed by atoms with Crippen molar-refractivity contribution in [2.45, 2.75) is 72.8 Å². The quantitative estimate of drug-likeness (QED) is 0.369. The van der Waals surface area contributed by atoms with Crippen LogP contribution in [-0.2, 0) is 17.8 Å². The smallest absolute Gasteiger partial charge is 0.191 e. The minimum Gasteiger partial charge on any atom is -0.396 e. The first kappa shape index (κ1) is 25.6. The van der Waals surface area contributed by atoms with Crippen LogP contribution in [0.1, 0.15) is 58.6 Å². The molecule has 1 aromatic carbocycles. The lowest BCUT2D eigenvalue weighted by atomic mass is 9.94. The van der Waals surface area contributed by atoms with Crippen LogP contribution >= 0.6 is 0 Å². The van der Waals surface area contributed by atoms with E-state index in [2.05, 4.69) is 74.4 Å². The molecule has 1 heterocycles. The monoisotopic (exact) mass is 432 g/mol. The summed E-state index contributed by atoms with van der Waals surface area (Å²) in [6.45, 7) is 16.3. The Hall–Kier alpha value is -1.63. The second-order valence-corrected chi connectivity index (χ2v) is 9.30. The molecule has 6 nitrogen and oxygen atoms in total. The van der Waals surface area contributed by atoms with Gasteiger partial charge in [0.15, 0.2) is 5.96 Å². The van der Waals surface area contributed by atoms with Crippen LogP contribution in [0.5, 0.6) is 0 Å². The summed E-state index contributed by atoms with van der Waals surface area (Å²) in [6.07, 6.45) is 2.48. The highest BCUT2D eigenvalue weighted by Gasteiger charge is 2.22. The Morgan fingerprint density at radius 3 is 2.45 bits per heavy atom. The maximum atomic E-state index is 9.38. The van der Waals surface area contributed by atoms with Crippen molar-refractivity contribution in [3.63, 3.8) is 0 Å². The molecule has 1 saturated heterocycles. The number of aliphatic hydroxyl groups is 1. The van der Waals surface area contributed by atoms with Crippen molar-refractivity contribution in [3.8, 4) is 0 Å². The highest BCUT2D eigenvalue weighted by atomic mass is 16.5. The van der Waals surface area contributed by atoms with E-state index in [1.807, 2.05) is 0 Å². The van der Waals surface area contributed by atoms with Crippen molar-refractivity contribution in [1.82, 2.24) is 15.5 Å². The molecule has 176 valence electrons. The molecule has 2 rings (SSSR count). The maximum absolute atomic E-state index is 9.38. The van der Waals surface area contributed by atoms with Crippen LogP contribution in [0.2, 0.25) is 0 Å². The van der Waals surface area contributed by atoms with Gasteiger partial charge >= 0.3 is 0 Å². The van der Waals surface area contributed by atoms with Gasteiger partial charge in [0, 0.05) is 39.3 Å². The molecule has 3 unspecified atom stereocenters. The molecule has 0 aromatic heterocycles. The SMILES string of the molecule is CCNC(=NCc1ccccc1CN1CC(C)OC(C)C1)NCC(CCO)CC(C)C. The van der Waals surface area contributed by atoms with E-state index in [9.17, 15) is 5.11 Å². The number of aliphatic hydroxyl groups excluding tert-OH is 1. The molecule has 3 N–H and O–H groups in total. The van der Waals surface area contributed by atoms with Gasteiger partial charge in [0.1, 0.15) is 0 Å². The van der Waals surface area contributed by atoms with Crippen molar-refractivity contribution in [2.24, 2.45) is 16.8 Å². The first-order chi connectivity index (χ1) is 14.9. The molecule has 0 radical (unpaired) electrons. The van der Waals surface area contributed by atoms with Gasteiger partial charge in [-0.25, -0.2) is 4.99 Å². The number of morpholine rings is 1.